The van der Waals surface area contributed by atoms with Gasteiger partial charge in [0.2, 0.25) is 0 Å². The number of methoxy groups -OCH3 is 1. The van der Waals surface area contributed by atoms with Crippen LogP contribution in [0, 0.1) is 0 Å². The van der Waals surface area contributed by atoms with Gasteiger partial charge in [0.05, 0.1) is 29.9 Å². The van der Waals surface area contributed by atoms with Crippen LogP contribution in [0.5, 0.6) is 0 Å². The fourth-order valence-corrected chi connectivity index (χ4v) is 2.92. The Labute approximate surface area is 155 Å². The maximum absolute atomic E-state index is 13.2. The van der Waals surface area contributed by atoms with E-state index >= 15 is 0 Å². The van der Waals surface area contributed by atoms with E-state index in [1.807, 2.05) is 13.0 Å². The molecule has 8 heteroatoms. The van der Waals surface area contributed by atoms with Crippen LogP contribution in [0.4, 0.5) is 5.69 Å². The molecule has 2 heterocycles. The summed E-state index contributed by atoms with van der Waals surface area (Å²) in [6.45, 7) is 2.41. The highest BCUT2D eigenvalue weighted by Gasteiger charge is 2.25. The Morgan fingerprint density at radius 3 is 2.52 bits per heavy atom. The number of carbonyl (C=O) groups is 1. The molecule has 0 radical (unpaired) electrons. The van der Waals surface area contributed by atoms with E-state index in [-0.39, 0.29) is 22.2 Å². The van der Waals surface area contributed by atoms with E-state index in [0.717, 1.165) is 6.42 Å². The number of pyridine rings is 1. The van der Waals surface area contributed by atoms with E-state index < -0.39 is 17.1 Å². The van der Waals surface area contributed by atoms with Gasteiger partial charge in [0.25, 0.3) is 11.1 Å². The highest BCUT2D eigenvalue weighted by molar-refractivity contribution is 6.07. The molecular formula is C19H20N4O4. The van der Waals surface area contributed by atoms with Crippen LogP contribution in [-0.4, -0.2) is 34.0 Å². The Kier molecular flexibility index (Phi) is 5.07. The maximum atomic E-state index is 13.2. The smallest absolute Gasteiger partial charge is 0.341 e. The normalized spacial score (nSPS) is 10.8. The van der Waals surface area contributed by atoms with Crippen molar-refractivity contribution in [1.82, 2.24) is 14.3 Å². The molecule has 0 bridgehead atoms. The number of carbonyl (C=O) groups excluding carboxylic acids is 1. The molecule has 0 aliphatic heterocycles. The predicted octanol–water partition coefficient (Wildman–Crippen LogP) is 1.69. The fraction of sp³-hybridized carbons (Fsp3) is 0.263. The van der Waals surface area contributed by atoms with Crippen molar-refractivity contribution in [2.45, 2.75) is 13.3 Å². The molecule has 27 heavy (non-hydrogen) atoms. The van der Waals surface area contributed by atoms with Gasteiger partial charge in [0.15, 0.2) is 0 Å². The van der Waals surface area contributed by atoms with Crippen molar-refractivity contribution in [3.8, 4) is 5.69 Å². The van der Waals surface area contributed by atoms with Gasteiger partial charge in [-0.25, -0.2) is 4.79 Å². The lowest BCUT2D eigenvalue weighted by atomic mass is 10.1. The summed E-state index contributed by atoms with van der Waals surface area (Å²) in [5, 5.41) is 7.22. The molecule has 3 aromatic rings. The second kappa shape index (κ2) is 7.45. The standard InChI is InChI=1S/C19H20N4O4/c1-4-10-20-16-15(19(26)27-3)14-13(22(2)18(16)25)11-21-23(17(14)24)12-8-6-5-7-9-12/h5-9,11,20H,4,10H2,1-3H3. The highest BCUT2D eigenvalue weighted by Crippen LogP contribution is 2.21. The number of rotatable bonds is 5. The third kappa shape index (κ3) is 3.10. The molecule has 0 unspecified atom stereocenters. The fourth-order valence-electron chi connectivity index (χ4n) is 2.92. The first-order chi connectivity index (χ1) is 13.0. The third-order valence-electron chi connectivity index (χ3n) is 4.28. The second-order valence-electron chi connectivity index (χ2n) is 5.99. The number of nitrogens with one attached hydrogen (secondary N) is 1. The van der Waals surface area contributed by atoms with Gasteiger partial charge in [-0.3, -0.25) is 9.59 Å². The van der Waals surface area contributed by atoms with Crippen molar-refractivity contribution in [2.24, 2.45) is 7.05 Å². The summed E-state index contributed by atoms with van der Waals surface area (Å²) in [6.07, 6.45) is 2.15. The first-order valence-electron chi connectivity index (χ1n) is 8.53. The number of anilines is 1. The third-order valence-corrected chi connectivity index (χ3v) is 4.28. The van der Waals surface area contributed by atoms with Crippen LogP contribution in [0.1, 0.15) is 23.7 Å². The van der Waals surface area contributed by atoms with Crippen LogP contribution in [0.3, 0.4) is 0 Å². The van der Waals surface area contributed by atoms with Gasteiger partial charge in [-0.1, -0.05) is 25.1 Å². The summed E-state index contributed by atoms with van der Waals surface area (Å²) < 4.78 is 7.37. The molecule has 1 aromatic carbocycles. The Hall–Kier alpha value is -3.42. The van der Waals surface area contributed by atoms with Crippen molar-refractivity contribution in [2.75, 3.05) is 19.0 Å². The summed E-state index contributed by atoms with van der Waals surface area (Å²) in [4.78, 5) is 38.5. The molecule has 0 aliphatic carbocycles. The largest absolute Gasteiger partial charge is 0.465 e. The summed E-state index contributed by atoms with van der Waals surface area (Å²) in [5.41, 5.74) is -0.122. The van der Waals surface area contributed by atoms with Crippen LogP contribution >= 0.6 is 0 Å². The zero-order valence-electron chi connectivity index (χ0n) is 15.4. The number of para-hydroxylation sites is 1. The average Bonchev–Trinajstić information content (AvgIpc) is 2.70. The SMILES string of the molecule is CCCNc1c(C(=O)OC)c2c(=O)n(-c3ccccc3)ncc2n(C)c1=O. The number of esters is 1. The van der Waals surface area contributed by atoms with E-state index in [4.69, 9.17) is 4.74 Å². The number of nitrogens with zero attached hydrogens (tertiary/aromatic N) is 3. The summed E-state index contributed by atoms with van der Waals surface area (Å²) >= 11 is 0. The Morgan fingerprint density at radius 1 is 1.19 bits per heavy atom. The van der Waals surface area contributed by atoms with Crippen molar-refractivity contribution < 1.29 is 9.53 Å². The molecule has 0 fully saturated rings. The van der Waals surface area contributed by atoms with Gasteiger partial charge < -0.3 is 14.6 Å². The zero-order valence-corrected chi connectivity index (χ0v) is 15.4. The Balaban J connectivity index is 2.46. The van der Waals surface area contributed by atoms with Gasteiger partial charge >= 0.3 is 5.97 Å². The molecule has 2 aromatic heterocycles. The lowest BCUT2D eigenvalue weighted by Crippen LogP contribution is -2.31. The van der Waals surface area contributed by atoms with Crippen molar-refractivity contribution in [1.29, 1.82) is 0 Å². The first-order valence-corrected chi connectivity index (χ1v) is 8.53. The number of aromatic nitrogens is 3. The Bertz CT molecular complexity index is 1120. The minimum absolute atomic E-state index is 0.0570. The molecule has 0 saturated heterocycles. The van der Waals surface area contributed by atoms with Gasteiger partial charge in [0, 0.05) is 13.6 Å². The number of hydrogen-bond acceptors (Lipinski definition) is 6. The van der Waals surface area contributed by atoms with Gasteiger partial charge in [0.1, 0.15) is 11.3 Å². The summed E-state index contributed by atoms with van der Waals surface area (Å²) in [7, 11) is 2.75. The van der Waals surface area contributed by atoms with Crippen molar-refractivity contribution >= 4 is 22.6 Å². The molecule has 0 aliphatic rings. The van der Waals surface area contributed by atoms with E-state index in [9.17, 15) is 14.4 Å². The van der Waals surface area contributed by atoms with Crippen LogP contribution < -0.4 is 16.4 Å². The molecule has 3 rings (SSSR count). The van der Waals surface area contributed by atoms with E-state index in [1.165, 1.54) is 29.6 Å². The van der Waals surface area contributed by atoms with Crippen LogP contribution in [0.15, 0.2) is 46.1 Å². The maximum Gasteiger partial charge on any atom is 0.341 e. The molecule has 8 nitrogen and oxygen atoms in total. The second-order valence-corrected chi connectivity index (χ2v) is 5.99. The van der Waals surface area contributed by atoms with Crippen LogP contribution in [0.2, 0.25) is 0 Å². The molecule has 0 spiro atoms. The lowest BCUT2D eigenvalue weighted by Gasteiger charge is -2.15. The van der Waals surface area contributed by atoms with E-state index in [2.05, 4.69) is 10.4 Å². The lowest BCUT2D eigenvalue weighted by molar-refractivity contribution is 0.0603. The molecule has 0 atom stereocenters. The van der Waals surface area contributed by atoms with E-state index in [1.54, 1.807) is 24.3 Å². The summed E-state index contributed by atoms with van der Waals surface area (Å²) in [5.74, 6) is -0.751. The predicted molar refractivity (Wildman–Crippen MR) is 103 cm³/mol. The number of fused-ring (bicyclic) bond motifs is 1. The number of ether oxygens (including phenoxy) is 1. The minimum Gasteiger partial charge on any atom is -0.465 e. The summed E-state index contributed by atoms with van der Waals surface area (Å²) in [6, 6.07) is 8.85. The van der Waals surface area contributed by atoms with Gasteiger partial charge in [-0.15, -0.1) is 0 Å². The zero-order chi connectivity index (χ0) is 19.6. The molecule has 1 N–H and O–H groups in total. The molecular weight excluding hydrogens is 348 g/mol. The average molecular weight is 368 g/mol. The number of benzene rings is 1. The van der Waals surface area contributed by atoms with E-state index in [0.29, 0.717) is 12.2 Å². The quantitative estimate of drug-likeness (QED) is 0.689. The minimum atomic E-state index is -0.751. The molecule has 0 amide bonds. The molecule has 0 saturated carbocycles. The van der Waals surface area contributed by atoms with Crippen LogP contribution in [-0.2, 0) is 11.8 Å². The topological polar surface area (TPSA) is 95.2 Å². The highest BCUT2D eigenvalue weighted by atomic mass is 16.5. The van der Waals surface area contributed by atoms with Gasteiger partial charge in [-0.2, -0.15) is 9.78 Å². The number of aryl methyl sites for hydroxylation is 1. The van der Waals surface area contributed by atoms with Gasteiger partial charge in [-0.05, 0) is 18.6 Å². The molecule has 140 valence electrons. The van der Waals surface area contributed by atoms with Crippen molar-refractivity contribution in [3.63, 3.8) is 0 Å². The van der Waals surface area contributed by atoms with Crippen molar-refractivity contribution in [3.05, 3.63) is 62.8 Å². The first kappa shape index (κ1) is 18.4. The monoisotopic (exact) mass is 368 g/mol. The number of hydrogen-bond donors (Lipinski definition) is 1. The Morgan fingerprint density at radius 2 is 1.89 bits per heavy atom. The van der Waals surface area contributed by atoms with Crippen LogP contribution in [0.25, 0.3) is 16.6 Å².